The molecule has 0 fully saturated rings. The summed E-state index contributed by atoms with van der Waals surface area (Å²) >= 11 is 0. The van der Waals surface area contributed by atoms with E-state index in [2.05, 4.69) is 10.2 Å². The van der Waals surface area contributed by atoms with Crippen LogP contribution in [0.5, 0.6) is 5.75 Å². The highest BCUT2D eigenvalue weighted by Crippen LogP contribution is 2.34. The van der Waals surface area contributed by atoms with Crippen molar-refractivity contribution in [3.63, 3.8) is 0 Å². The van der Waals surface area contributed by atoms with E-state index in [0.29, 0.717) is 36.6 Å². The molecule has 0 aliphatic heterocycles. The molecule has 0 aliphatic rings. The number of nitrogens with two attached hydrogens (primary N) is 2. The fourth-order valence-corrected chi connectivity index (χ4v) is 4.74. The number of aliphatic hydroxyl groups excluding tert-OH is 2. The molecule has 0 saturated carbocycles. The maximum Gasteiger partial charge on any atom is 0.238 e. The van der Waals surface area contributed by atoms with Gasteiger partial charge in [-0.2, -0.15) is 0 Å². The number of hydrogen-bond donors (Lipinski definition) is 5. The van der Waals surface area contributed by atoms with Crippen molar-refractivity contribution in [2.24, 2.45) is 16.8 Å². The third kappa shape index (κ3) is 9.24. The Labute approximate surface area is 221 Å². The molecule has 0 radical (unpaired) electrons. The Morgan fingerprint density at radius 2 is 1.73 bits per heavy atom. The van der Waals surface area contributed by atoms with Crippen molar-refractivity contribution in [1.82, 2.24) is 4.90 Å². The van der Waals surface area contributed by atoms with Gasteiger partial charge in [0.1, 0.15) is 11.9 Å². The first kappa shape index (κ1) is 31.0. The van der Waals surface area contributed by atoms with E-state index >= 15 is 0 Å². The predicted molar refractivity (Wildman–Crippen MR) is 148 cm³/mol. The average molecular weight is 537 g/mol. The van der Waals surface area contributed by atoms with Gasteiger partial charge in [0.15, 0.2) is 6.23 Å². The fraction of sp³-hybridized carbons (Fsp3) is 0.556. The lowest BCUT2D eigenvalue weighted by molar-refractivity contribution is 0.0379. The zero-order valence-corrected chi connectivity index (χ0v) is 23.4. The lowest BCUT2D eigenvalue weighted by Crippen LogP contribution is -2.39. The molecule has 2 aromatic rings. The number of aliphatic hydroxyl groups is 2. The number of nitrogens with zero attached hydrogens (tertiary/aromatic N) is 1. The van der Waals surface area contributed by atoms with Crippen LogP contribution in [-0.2, 0) is 16.6 Å². The van der Waals surface area contributed by atoms with Gasteiger partial charge in [-0.25, -0.2) is 13.6 Å². The van der Waals surface area contributed by atoms with Crippen LogP contribution in [0.2, 0.25) is 0 Å². The van der Waals surface area contributed by atoms with Crippen LogP contribution < -0.4 is 20.9 Å². The SMILES string of the molecule is CCCCNc1cc(CN(CC(O)C(C)C)C(C)C)cc(S(N)(=O)=O)c1C(O)C(N)Oc1ccccc1. The molecule has 3 atom stereocenters. The molecular weight excluding hydrogens is 492 g/mol. The minimum Gasteiger partial charge on any atom is -0.472 e. The fourth-order valence-electron chi connectivity index (χ4n) is 3.89. The summed E-state index contributed by atoms with van der Waals surface area (Å²) in [4.78, 5) is 1.86. The summed E-state index contributed by atoms with van der Waals surface area (Å²) in [7, 11) is -4.23. The Kier molecular flexibility index (Phi) is 11.8. The summed E-state index contributed by atoms with van der Waals surface area (Å²) in [5.41, 5.74) is 7.38. The number of benzene rings is 2. The standard InChI is InChI=1S/C27H44N4O5S/c1-6-7-13-30-22-14-20(16-31(19(4)5)17-23(32)18(2)3)15-24(37(29,34)35)25(22)26(33)27(28)36-21-11-9-8-10-12-21/h8-12,14-15,18-19,23,26-27,30,32-33H,6-7,13,16-17,28H2,1-5H3,(H2,29,34,35). The summed E-state index contributed by atoms with van der Waals surface area (Å²) in [5, 5.41) is 30.6. The highest BCUT2D eigenvalue weighted by atomic mass is 32.2. The first-order valence-electron chi connectivity index (χ1n) is 12.9. The van der Waals surface area contributed by atoms with Crippen LogP contribution in [0.25, 0.3) is 0 Å². The molecule has 208 valence electrons. The predicted octanol–water partition coefficient (Wildman–Crippen LogP) is 3.17. The van der Waals surface area contributed by atoms with Crippen LogP contribution in [0.4, 0.5) is 5.69 Å². The first-order chi connectivity index (χ1) is 17.3. The number of nitrogens with one attached hydrogen (secondary N) is 1. The second-order valence-corrected chi connectivity index (χ2v) is 11.6. The highest BCUT2D eigenvalue weighted by Gasteiger charge is 2.30. The molecule has 0 aliphatic carbocycles. The summed E-state index contributed by atoms with van der Waals surface area (Å²) in [6.45, 7) is 11.4. The van der Waals surface area contributed by atoms with Crippen molar-refractivity contribution in [2.45, 2.75) is 83.4 Å². The van der Waals surface area contributed by atoms with Crippen molar-refractivity contribution in [3.8, 4) is 5.75 Å². The van der Waals surface area contributed by atoms with Crippen LogP contribution >= 0.6 is 0 Å². The van der Waals surface area contributed by atoms with Gasteiger partial charge in [0.2, 0.25) is 10.0 Å². The third-order valence-corrected chi connectivity index (χ3v) is 7.23. The van der Waals surface area contributed by atoms with Gasteiger partial charge in [0.25, 0.3) is 0 Å². The smallest absolute Gasteiger partial charge is 0.238 e. The molecule has 0 spiro atoms. The number of primary sulfonamides is 1. The van der Waals surface area contributed by atoms with Crippen LogP contribution in [0.3, 0.4) is 0 Å². The van der Waals surface area contributed by atoms with Gasteiger partial charge >= 0.3 is 0 Å². The van der Waals surface area contributed by atoms with Gasteiger partial charge in [-0.3, -0.25) is 10.6 Å². The molecule has 0 bridgehead atoms. The van der Waals surface area contributed by atoms with E-state index in [1.54, 1.807) is 24.3 Å². The largest absolute Gasteiger partial charge is 0.472 e. The molecule has 37 heavy (non-hydrogen) atoms. The summed E-state index contributed by atoms with van der Waals surface area (Å²) < 4.78 is 31.2. The number of rotatable bonds is 15. The molecule has 7 N–H and O–H groups in total. The van der Waals surface area contributed by atoms with E-state index in [0.717, 1.165) is 12.8 Å². The van der Waals surface area contributed by atoms with E-state index in [-0.39, 0.29) is 22.4 Å². The lowest BCUT2D eigenvalue weighted by atomic mass is 10.0. The second-order valence-electron chi connectivity index (χ2n) is 10.1. The zero-order valence-electron chi connectivity index (χ0n) is 22.6. The normalized spacial score (nSPS) is 14.7. The minimum atomic E-state index is -4.23. The summed E-state index contributed by atoms with van der Waals surface area (Å²) in [5.74, 6) is 0.524. The van der Waals surface area contributed by atoms with Crippen molar-refractivity contribution < 1.29 is 23.4 Å². The highest BCUT2D eigenvalue weighted by molar-refractivity contribution is 7.89. The van der Waals surface area contributed by atoms with Crippen molar-refractivity contribution in [1.29, 1.82) is 0 Å². The van der Waals surface area contributed by atoms with Gasteiger partial charge < -0.3 is 20.3 Å². The lowest BCUT2D eigenvalue weighted by Gasteiger charge is -2.31. The summed E-state index contributed by atoms with van der Waals surface area (Å²) in [6, 6.07) is 12.1. The van der Waals surface area contributed by atoms with Gasteiger partial charge in [-0.15, -0.1) is 0 Å². The second kappa shape index (κ2) is 14.1. The number of para-hydroxylation sites is 1. The number of hydrogen-bond acceptors (Lipinski definition) is 8. The van der Waals surface area contributed by atoms with Gasteiger partial charge in [-0.05, 0) is 56.0 Å². The maximum atomic E-state index is 12.8. The van der Waals surface area contributed by atoms with Gasteiger partial charge in [-0.1, -0.05) is 45.4 Å². The Morgan fingerprint density at radius 1 is 1.08 bits per heavy atom. The Bertz CT molecular complexity index is 1080. The molecular formula is C27H44N4O5S. The molecule has 0 aromatic heterocycles. The Balaban J connectivity index is 2.54. The molecule has 10 heteroatoms. The van der Waals surface area contributed by atoms with E-state index in [1.165, 1.54) is 6.07 Å². The number of ether oxygens (including phenoxy) is 1. The molecule has 9 nitrogen and oxygen atoms in total. The van der Waals surface area contributed by atoms with Crippen LogP contribution in [-0.4, -0.2) is 55.0 Å². The topological polar surface area (TPSA) is 151 Å². The molecule has 2 rings (SSSR count). The maximum absolute atomic E-state index is 12.8. The number of sulfonamides is 1. The molecule has 0 heterocycles. The van der Waals surface area contributed by atoms with Gasteiger partial charge in [0.05, 0.1) is 11.0 Å². The minimum absolute atomic E-state index is 0.0732. The third-order valence-electron chi connectivity index (χ3n) is 6.28. The quantitative estimate of drug-likeness (QED) is 0.172. The van der Waals surface area contributed by atoms with Crippen molar-refractivity contribution >= 4 is 15.7 Å². The molecule has 2 aromatic carbocycles. The molecule has 3 unspecified atom stereocenters. The van der Waals surface area contributed by atoms with Gasteiger partial charge in [0, 0.05) is 36.9 Å². The number of unbranched alkanes of at least 4 members (excludes halogenated alkanes) is 1. The van der Waals surface area contributed by atoms with E-state index in [4.69, 9.17) is 15.6 Å². The first-order valence-corrected chi connectivity index (χ1v) is 14.4. The monoisotopic (exact) mass is 536 g/mol. The van der Waals surface area contributed by atoms with E-state index < -0.39 is 28.5 Å². The zero-order chi connectivity index (χ0) is 27.8. The van der Waals surface area contributed by atoms with Crippen molar-refractivity contribution in [2.75, 3.05) is 18.4 Å². The molecule has 0 amide bonds. The van der Waals surface area contributed by atoms with E-state index in [9.17, 15) is 18.6 Å². The molecule has 0 saturated heterocycles. The van der Waals surface area contributed by atoms with Crippen LogP contribution in [0, 0.1) is 5.92 Å². The van der Waals surface area contributed by atoms with Crippen LogP contribution in [0.1, 0.15) is 64.7 Å². The van der Waals surface area contributed by atoms with Crippen LogP contribution in [0.15, 0.2) is 47.4 Å². The summed E-state index contributed by atoms with van der Waals surface area (Å²) in [6.07, 6.45) is -1.48. The average Bonchev–Trinajstić information content (AvgIpc) is 2.83. The van der Waals surface area contributed by atoms with E-state index in [1.807, 2.05) is 46.8 Å². The van der Waals surface area contributed by atoms with Crippen molar-refractivity contribution in [3.05, 3.63) is 53.6 Å². The Morgan fingerprint density at radius 3 is 2.27 bits per heavy atom. The Hall–Kier alpha value is -2.21. The number of anilines is 1.